The largest absolute Gasteiger partial charge is 0.492 e. The number of fused-ring (bicyclic) bond motifs is 1. The maximum Gasteiger partial charge on any atom is 0.330 e. The molecule has 4 aromatic rings. The van der Waals surface area contributed by atoms with Gasteiger partial charge in [0, 0.05) is 36.4 Å². The van der Waals surface area contributed by atoms with Gasteiger partial charge in [0.05, 0.1) is 28.8 Å². The molecular formula is C30H31Cl2N7O2. The van der Waals surface area contributed by atoms with Crippen molar-refractivity contribution in [3.05, 3.63) is 94.4 Å². The lowest BCUT2D eigenvalue weighted by atomic mass is 10.1. The van der Waals surface area contributed by atoms with Crippen LogP contribution < -0.4 is 19.9 Å². The van der Waals surface area contributed by atoms with Crippen molar-refractivity contribution in [1.82, 2.24) is 19.9 Å². The first-order chi connectivity index (χ1) is 20.0. The minimum Gasteiger partial charge on any atom is -0.492 e. The average molecular weight is 593 g/mol. The molecular weight excluding hydrogens is 561 g/mol. The number of halogens is 2. The fraction of sp³-hybridized carbons (Fsp3) is 0.267. The highest BCUT2D eigenvalue weighted by molar-refractivity contribution is 6.40. The number of amides is 2. The zero-order valence-corrected chi connectivity index (χ0v) is 24.4. The van der Waals surface area contributed by atoms with Gasteiger partial charge in [0.15, 0.2) is 0 Å². The van der Waals surface area contributed by atoms with Crippen LogP contribution in [0.4, 0.5) is 27.9 Å². The molecule has 0 aliphatic carbocycles. The van der Waals surface area contributed by atoms with Crippen molar-refractivity contribution >= 4 is 52.4 Å². The van der Waals surface area contributed by atoms with Gasteiger partial charge in [-0.15, -0.1) is 0 Å². The molecule has 3 heterocycles. The molecule has 212 valence electrons. The van der Waals surface area contributed by atoms with Gasteiger partial charge in [0.1, 0.15) is 18.2 Å². The Morgan fingerprint density at radius 3 is 2.44 bits per heavy atom. The van der Waals surface area contributed by atoms with E-state index in [2.05, 4.69) is 34.0 Å². The molecule has 1 N–H and O–H groups in total. The highest BCUT2D eigenvalue weighted by Crippen LogP contribution is 2.39. The van der Waals surface area contributed by atoms with Crippen molar-refractivity contribution in [2.75, 3.05) is 41.4 Å². The van der Waals surface area contributed by atoms with Crippen molar-refractivity contribution in [2.45, 2.75) is 26.9 Å². The Labute approximate surface area is 249 Å². The van der Waals surface area contributed by atoms with E-state index in [0.717, 1.165) is 42.2 Å². The van der Waals surface area contributed by atoms with E-state index in [1.165, 1.54) is 0 Å². The number of rotatable bonds is 11. The molecule has 11 heteroatoms. The Morgan fingerprint density at radius 2 is 1.76 bits per heavy atom. The maximum absolute atomic E-state index is 13.9. The highest BCUT2D eigenvalue weighted by Gasteiger charge is 2.35. The highest BCUT2D eigenvalue weighted by atomic mass is 35.5. The van der Waals surface area contributed by atoms with Crippen LogP contribution >= 0.6 is 23.2 Å². The van der Waals surface area contributed by atoms with E-state index in [1.54, 1.807) is 46.6 Å². The van der Waals surface area contributed by atoms with Gasteiger partial charge in [0.25, 0.3) is 0 Å². The van der Waals surface area contributed by atoms with Crippen LogP contribution in [0.25, 0.3) is 0 Å². The standard InChI is InChI=1S/C30H31Cl2N7O2/c1-3-37(4-2)15-16-41-24-12-10-23(11-13-24)35-29-34-18-22-20-38(27-25(31)8-5-9-26(27)32)30(40)39(28(22)36-29)19-21-7-6-14-33-17-21/h5-14,17-18H,3-4,15-16,19-20H2,1-2H3,(H,34,35,36). The van der Waals surface area contributed by atoms with Gasteiger partial charge in [-0.05, 0) is 61.1 Å². The van der Waals surface area contributed by atoms with Crippen LogP contribution in [0, 0.1) is 0 Å². The Bertz CT molecular complexity index is 1460. The number of hydrogen-bond acceptors (Lipinski definition) is 7. The van der Waals surface area contributed by atoms with Gasteiger partial charge >= 0.3 is 6.03 Å². The van der Waals surface area contributed by atoms with Crippen molar-refractivity contribution in [2.24, 2.45) is 0 Å². The third-order valence-electron chi connectivity index (χ3n) is 6.84. The van der Waals surface area contributed by atoms with Gasteiger partial charge in [-0.2, -0.15) is 4.98 Å². The summed E-state index contributed by atoms with van der Waals surface area (Å²) < 4.78 is 5.89. The van der Waals surface area contributed by atoms with Crippen molar-refractivity contribution in [3.8, 4) is 5.75 Å². The third kappa shape index (κ3) is 6.70. The molecule has 2 amide bonds. The average Bonchev–Trinajstić information content (AvgIpc) is 2.99. The lowest BCUT2D eigenvalue weighted by Gasteiger charge is -2.36. The van der Waals surface area contributed by atoms with E-state index in [4.69, 9.17) is 32.9 Å². The third-order valence-corrected chi connectivity index (χ3v) is 7.45. The van der Waals surface area contributed by atoms with Gasteiger partial charge in [0.2, 0.25) is 5.95 Å². The minimum absolute atomic E-state index is 0.223. The van der Waals surface area contributed by atoms with Crippen LogP contribution in [0.15, 0.2) is 73.2 Å². The number of benzene rings is 2. The first-order valence-corrected chi connectivity index (χ1v) is 14.2. The zero-order chi connectivity index (χ0) is 28.8. The van der Waals surface area contributed by atoms with Crippen LogP contribution in [-0.4, -0.2) is 52.1 Å². The van der Waals surface area contributed by atoms with Crippen LogP contribution in [0.3, 0.4) is 0 Å². The predicted octanol–water partition coefficient (Wildman–Crippen LogP) is 6.79. The number of pyridine rings is 1. The SMILES string of the molecule is CCN(CC)CCOc1ccc(Nc2ncc3c(n2)N(Cc2cccnc2)C(=O)N(c2c(Cl)cccc2Cl)C3)cc1. The molecule has 2 aromatic carbocycles. The van der Waals surface area contributed by atoms with Crippen molar-refractivity contribution in [3.63, 3.8) is 0 Å². The first kappa shape index (κ1) is 28.6. The van der Waals surface area contributed by atoms with E-state index < -0.39 is 0 Å². The summed E-state index contributed by atoms with van der Waals surface area (Å²) in [6.45, 7) is 8.27. The molecule has 1 aliphatic rings. The van der Waals surface area contributed by atoms with Crippen molar-refractivity contribution in [1.29, 1.82) is 0 Å². The number of nitrogens with one attached hydrogen (secondary N) is 1. The van der Waals surface area contributed by atoms with Crippen LogP contribution in [0.1, 0.15) is 25.0 Å². The van der Waals surface area contributed by atoms with E-state index in [0.29, 0.717) is 34.1 Å². The molecule has 0 bridgehead atoms. The summed E-state index contributed by atoms with van der Waals surface area (Å²) in [6.07, 6.45) is 5.13. The fourth-order valence-corrected chi connectivity index (χ4v) is 5.21. The fourth-order valence-electron chi connectivity index (χ4n) is 4.61. The Kier molecular flexibility index (Phi) is 9.18. The molecule has 0 saturated carbocycles. The minimum atomic E-state index is -0.299. The number of aromatic nitrogens is 3. The lowest BCUT2D eigenvalue weighted by Crippen LogP contribution is -2.47. The summed E-state index contributed by atoms with van der Waals surface area (Å²) in [4.78, 5) is 32.8. The lowest BCUT2D eigenvalue weighted by molar-refractivity contribution is 0.223. The number of likely N-dealkylation sites (N-methyl/N-ethyl adjacent to an activating group) is 1. The predicted molar refractivity (Wildman–Crippen MR) is 164 cm³/mol. The first-order valence-electron chi connectivity index (χ1n) is 13.5. The number of urea groups is 1. The molecule has 0 radical (unpaired) electrons. The van der Waals surface area contributed by atoms with Gasteiger partial charge in [-0.25, -0.2) is 9.78 Å². The monoisotopic (exact) mass is 591 g/mol. The number of hydrogen-bond donors (Lipinski definition) is 1. The molecule has 2 aromatic heterocycles. The molecule has 0 spiro atoms. The number of anilines is 4. The number of nitrogens with zero attached hydrogens (tertiary/aromatic N) is 6. The van der Waals surface area contributed by atoms with Crippen LogP contribution in [-0.2, 0) is 13.1 Å². The number of ether oxygens (including phenoxy) is 1. The summed E-state index contributed by atoms with van der Waals surface area (Å²) in [5.74, 6) is 1.67. The molecule has 5 rings (SSSR count). The second kappa shape index (κ2) is 13.2. The van der Waals surface area contributed by atoms with E-state index in [1.807, 2.05) is 36.4 Å². The molecule has 1 aliphatic heterocycles. The zero-order valence-electron chi connectivity index (χ0n) is 22.9. The van der Waals surface area contributed by atoms with Crippen LogP contribution in [0.5, 0.6) is 5.75 Å². The number of carbonyl (C=O) groups is 1. The second-order valence-corrected chi connectivity index (χ2v) is 10.3. The summed E-state index contributed by atoms with van der Waals surface area (Å²) in [6, 6.07) is 16.3. The molecule has 0 saturated heterocycles. The normalized spacial score (nSPS) is 13.0. The summed E-state index contributed by atoms with van der Waals surface area (Å²) in [7, 11) is 0. The molecule has 41 heavy (non-hydrogen) atoms. The summed E-state index contributed by atoms with van der Waals surface area (Å²) in [5, 5.41) is 4.01. The van der Waals surface area contributed by atoms with Crippen molar-refractivity contribution < 1.29 is 9.53 Å². The summed E-state index contributed by atoms with van der Waals surface area (Å²) >= 11 is 13.0. The Hall–Kier alpha value is -3.92. The van der Waals surface area contributed by atoms with E-state index in [9.17, 15) is 4.79 Å². The Balaban J connectivity index is 1.38. The van der Waals surface area contributed by atoms with E-state index in [-0.39, 0.29) is 19.1 Å². The molecule has 0 fully saturated rings. The topological polar surface area (TPSA) is 86.7 Å². The van der Waals surface area contributed by atoms with Gasteiger partial charge < -0.3 is 15.0 Å². The van der Waals surface area contributed by atoms with Gasteiger partial charge in [-0.3, -0.25) is 14.8 Å². The van der Waals surface area contributed by atoms with E-state index >= 15 is 0 Å². The second-order valence-electron chi connectivity index (χ2n) is 9.45. The Morgan fingerprint density at radius 1 is 1.00 bits per heavy atom. The maximum atomic E-state index is 13.9. The number of para-hydroxylation sites is 1. The van der Waals surface area contributed by atoms with Crippen LogP contribution in [0.2, 0.25) is 10.0 Å². The molecule has 0 atom stereocenters. The summed E-state index contributed by atoms with van der Waals surface area (Å²) in [5.41, 5.74) is 2.85. The quantitative estimate of drug-likeness (QED) is 0.205. The molecule has 0 unspecified atom stereocenters. The molecule has 9 nitrogen and oxygen atoms in total. The van der Waals surface area contributed by atoms with Gasteiger partial charge in [-0.1, -0.05) is 49.2 Å². The number of carbonyl (C=O) groups excluding carboxylic acids is 1. The smallest absolute Gasteiger partial charge is 0.330 e.